The van der Waals surface area contributed by atoms with E-state index in [2.05, 4.69) is 11.8 Å². The highest BCUT2D eigenvalue weighted by Crippen LogP contribution is 2.26. The molecule has 7 heteroatoms. The van der Waals surface area contributed by atoms with Crippen molar-refractivity contribution in [2.45, 2.75) is 64.5 Å². The number of halogens is 1. The summed E-state index contributed by atoms with van der Waals surface area (Å²) in [7, 11) is 1.96. The van der Waals surface area contributed by atoms with Crippen molar-refractivity contribution in [3.8, 4) is 0 Å². The third kappa shape index (κ3) is 6.71. The van der Waals surface area contributed by atoms with Crippen LogP contribution in [0, 0.1) is 5.92 Å². The van der Waals surface area contributed by atoms with Gasteiger partial charge >= 0.3 is 5.97 Å². The molecule has 1 aliphatic carbocycles. The van der Waals surface area contributed by atoms with Crippen molar-refractivity contribution in [3.05, 3.63) is 0 Å². The fraction of sp³-hybridized carbons (Fsp3) is 0.895. The first kappa shape index (κ1) is 23.2. The molecule has 2 rings (SSSR count). The van der Waals surface area contributed by atoms with Crippen LogP contribution in [0.15, 0.2) is 0 Å². The molecule has 2 aliphatic rings. The Bertz CT molecular complexity index is 447. The molecule has 1 saturated carbocycles. The number of carboxylic acid groups (broad SMARTS) is 1. The Labute approximate surface area is 164 Å². The maximum absolute atomic E-state index is 12.6. The average molecular weight is 390 g/mol. The quantitative estimate of drug-likeness (QED) is 0.723. The third-order valence-corrected chi connectivity index (χ3v) is 6.10. The van der Waals surface area contributed by atoms with Gasteiger partial charge in [-0.05, 0) is 51.0 Å². The lowest BCUT2D eigenvalue weighted by molar-refractivity contribution is -0.139. The average Bonchev–Trinajstić information content (AvgIpc) is 2.60. The van der Waals surface area contributed by atoms with Crippen LogP contribution < -0.4 is 0 Å². The molecule has 6 nitrogen and oxygen atoms in total. The summed E-state index contributed by atoms with van der Waals surface area (Å²) in [6.45, 7) is 7.44. The normalized spacial score (nSPS) is 24.9. The molecule has 1 aliphatic heterocycles. The lowest BCUT2D eigenvalue weighted by atomic mass is 9.87. The Balaban J connectivity index is 0.00000338. The molecular weight excluding hydrogens is 354 g/mol. The largest absolute Gasteiger partial charge is 0.480 e. The van der Waals surface area contributed by atoms with Crippen molar-refractivity contribution in [2.24, 2.45) is 5.92 Å². The summed E-state index contributed by atoms with van der Waals surface area (Å²) in [5, 5.41) is 9.02. The summed E-state index contributed by atoms with van der Waals surface area (Å²) in [6, 6.07) is 0.734. The van der Waals surface area contributed by atoms with Crippen LogP contribution in [0.4, 0.5) is 0 Å². The fourth-order valence-corrected chi connectivity index (χ4v) is 4.25. The summed E-state index contributed by atoms with van der Waals surface area (Å²) >= 11 is 0. The Hall–Kier alpha value is -0.850. The predicted molar refractivity (Wildman–Crippen MR) is 106 cm³/mol. The monoisotopic (exact) mass is 389 g/mol. The summed E-state index contributed by atoms with van der Waals surface area (Å²) in [6.07, 6.45) is 6.60. The summed E-state index contributed by atoms with van der Waals surface area (Å²) in [4.78, 5) is 29.8. The molecule has 2 fully saturated rings. The standard InChI is InChI=1S/C19H35N3O3.ClH/c1-4-22(14-19(24)25)17-9-11-21(12-10-17)13-18(23)20(3)16-7-5-15(2)6-8-16;/h15-17H,4-14H2,1-3H3,(H,24,25);1H. The molecule has 0 aromatic carbocycles. The van der Waals surface area contributed by atoms with Crippen molar-refractivity contribution >= 4 is 24.3 Å². The first-order valence-electron chi connectivity index (χ1n) is 9.84. The lowest BCUT2D eigenvalue weighted by Gasteiger charge is -2.39. The molecule has 0 radical (unpaired) electrons. The maximum Gasteiger partial charge on any atom is 0.317 e. The number of piperidine rings is 1. The van der Waals surface area contributed by atoms with Crippen molar-refractivity contribution < 1.29 is 14.7 Å². The molecule has 1 saturated heterocycles. The molecule has 1 N–H and O–H groups in total. The molecular formula is C19H36ClN3O3. The zero-order chi connectivity index (χ0) is 18.4. The molecule has 0 aromatic heterocycles. The highest BCUT2D eigenvalue weighted by Gasteiger charge is 2.29. The van der Waals surface area contributed by atoms with E-state index in [1.54, 1.807) is 0 Å². The Kier molecular flexibility index (Phi) is 9.90. The van der Waals surface area contributed by atoms with E-state index in [9.17, 15) is 9.59 Å². The van der Waals surface area contributed by atoms with E-state index in [1.807, 2.05) is 23.8 Å². The minimum absolute atomic E-state index is 0. The summed E-state index contributed by atoms with van der Waals surface area (Å²) < 4.78 is 0. The van der Waals surface area contributed by atoms with Gasteiger partial charge in [0, 0.05) is 32.2 Å². The van der Waals surface area contributed by atoms with Gasteiger partial charge in [-0.25, -0.2) is 0 Å². The Morgan fingerprint density at radius 2 is 1.62 bits per heavy atom. The van der Waals surface area contributed by atoms with Crippen LogP contribution in [0.3, 0.4) is 0 Å². The van der Waals surface area contributed by atoms with Crippen LogP contribution in [0.2, 0.25) is 0 Å². The van der Waals surface area contributed by atoms with Crippen LogP contribution in [-0.4, -0.2) is 83.5 Å². The van der Waals surface area contributed by atoms with Crippen LogP contribution in [0.5, 0.6) is 0 Å². The topological polar surface area (TPSA) is 64.1 Å². The highest BCUT2D eigenvalue weighted by atomic mass is 35.5. The molecule has 0 atom stereocenters. The van der Waals surface area contributed by atoms with E-state index in [0.29, 0.717) is 18.6 Å². The highest BCUT2D eigenvalue weighted by molar-refractivity contribution is 5.85. The van der Waals surface area contributed by atoms with Gasteiger partial charge in [0.1, 0.15) is 0 Å². The summed E-state index contributed by atoms with van der Waals surface area (Å²) in [5.41, 5.74) is 0. The Morgan fingerprint density at radius 3 is 2.12 bits per heavy atom. The van der Waals surface area contributed by atoms with Crippen LogP contribution in [0.1, 0.15) is 52.4 Å². The van der Waals surface area contributed by atoms with Crippen molar-refractivity contribution in [3.63, 3.8) is 0 Å². The van der Waals surface area contributed by atoms with Gasteiger partial charge in [0.2, 0.25) is 5.91 Å². The van der Waals surface area contributed by atoms with E-state index in [1.165, 1.54) is 12.8 Å². The van der Waals surface area contributed by atoms with E-state index in [0.717, 1.165) is 51.2 Å². The van der Waals surface area contributed by atoms with Crippen molar-refractivity contribution in [1.82, 2.24) is 14.7 Å². The SMILES string of the molecule is CCN(CC(=O)O)C1CCN(CC(=O)N(C)C2CCC(C)CC2)CC1.Cl. The van der Waals surface area contributed by atoms with E-state index >= 15 is 0 Å². The summed E-state index contributed by atoms with van der Waals surface area (Å²) in [5.74, 6) is 0.268. The first-order chi connectivity index (χ1) is 11.9. The number of likely N-dealkylation sites (tertiary alicyclic amines) is 1. The molecule has 0 bridgehead atoms. The molecule has 1 heterocycles. The zero-order valence-electron chi connectivity index (χ0n) is 16.5. The van der Waals surface area contributed by atoms with Gasteiger partial charge < -0.3 is 10.0 Å². The van der Waals surface area contributed by atoms with Gasteiger partial charge in [0.25, 0.3) is 0 Å². The smallest absolute Gasteiger partial charge is 0.317 e. The predicted octanol–water partition coefficient (Wildman–Crippen LogP) is 2.32. The molecule has 152 valence electrons. The molecule has 1 amide bonds. The first-order valence-corrected chi connectivity index (χ1v) is 9.84. The van der Waals surface area contributed by atoms with Crippen molar-refractivity contribution in [2.75, 3.05) is 39.8 Å². The van der Waals surface area contributed by atoms with Gasteiger partial charge in [-0.15, -0.1) is 12.4 Å². The number of aliphatic carboxylic acids is 1. The van der Waals surface area contributed by atoms with Crippen LogP contribution in [-0.2, 0) is 9.59 Å². The second kappa shape index (κ2) is 11.1. The maximum atomic E-state index is 12.6. The van der Waals surface area contributed by atoms with Gasteiger partial charge in [0.05, 0.1) is 13.1 Å². The second-order valence-electron chi connectivity index (χ2n) is 7.88. The number of rotatable bonds is 7. The van der Waals surface area contributed by atoms with Gasteiger partial charge in [-0.1, -0.05) is 13.8 Å². The number of nitrogens with zero attached hydrogens (tertiary/aromatic N) is 3. The minimum atomic E-state index is -0.761. The van der Waals surface area contributed by atoms with E-state index in [4.69, 9.17) is 5.11 Å². The van der Waals surface area contributed by atoms with E-state index in [-0.39, 0.29) is 24.9 Å². The van der Waals surface area contributed by atoms with E-state index < -0.39 is 5.97 Å². The number of likely N-dealkylation sites (N-methyl/N-ethyl adjacent to an activating group) is 2. The molecule has 0 spiro atoms. The minimum Gasteiger partial charge on any atom is -0.480 e. The lowest BCUT2D eigenvalue weighted by Crippen LogP contribution is -2.50. The second-order valence-corrected chi connectivity index (χ2v) is 7.88. The van der Waals surface area contributed by atoms with Gasteiger partial charge in [0.15, 0.2) is 0 Å². The molecule has 0 unspecified atom stereocenters. The number of carboxylic acids is 1. The van der Waals surface area contributed by atoms with Crippen molar-refractivity contribution in [1.29, 1.82) is 0 Å². The van der Waals surface area contributed by atoms with Gasteiger partial charge in [-0.2, -0.15) is 0 Å². The van der Waals surface area contributed by atoms with Crippen LogP contribution >= 0.6 is 12.4 Å². The Morgan fingerprint density at radius 1 is 1.04 bits per heavy atom. The van der Waals surface area contributed by atoms with Crippen LogP contribution in [0.25, 0.3) is 0 Å². The third-order valence-electron chi connectivity index (χ3n) is 6.10. The number of hydrogen-bond donors (Lipinski definition) is 1. The number of carbonyl (C=O) groups excluding carboxylic acids is 1. The zero-order valence-corrected chi connectivity index (χ0v) is 17.3. The number of hydrogen-bond acceptors (Lipinski definition) is 4. The number of carbonyl (C=O) groups is 2. The molecule has 26 heavy (non-hydrogen) atoms. The number of amides is 1. The fourth-order valence-electron chi connectivity index (χ4n) is 4.25. The molecule has 0 aromatic rings. The van der Waals surface area contributed by atoms with Gasteiger partial charge in [-0.3, -0.25) is 19.4 Å².